The number of carbonyl (C=O) groups is 1. The molecular weight excluding hydrogens is 306 g/mol. The van der Waals surface area contributed by atoms with E-state index in [0.717, 1.165) is 36.5 Å². The van der Waals surface area contributed by atoms with Crippen molar-refractivity contribution in [3.8, 4) is 11.5 Å². The number of amides is 1. The predicted octanol–water partition coefficient (Wildman–Crippen LogP) is 1.88. The number of rotatable bonds is 5. The van der Waals surface area contributed by atoms with Crippen LogP contribution in [0.15, 0.2) is 24.4 Å². The third-order valence-corrected chi connectivity index (χ3v) is 4.29. The lowest BCUT2D eigenvalue weighted by Crippen LogP contribution is -2.41. The Kier molecular flexibility index (Phi) is 4.74. The van der Waals surface area contributed by atoms with E-state index in [1.54, 1.807) is 14.2 Å². The van der Waals surface area contributed by atoms with Gasteiger partial charge in [-0.3, -0.25) is 4.79 Å². The summed E-state index contributed by atoms with van der Waals surface area (Å²) in [5, 5.41) is 3.12. The SMILES string of the molecule is COc1ccc(CC(=O)N[C@H]2CCc3nc(C)cn3C2)cc1OC. The number of hydrogen-bond acceptors (Lipinski definition) is 4. The molecular formula is C18H23N3O3. The zero-order valence-electron chi connectivity index (χ0n) is 14.3. The van der Waals surface area contributed by atoms with Crippen LogP contribution in [0, 0.1) is 6.92 Å². The normalized spacial score (nSPS) is 16.4. The minimum atomic E-state index is 0.0208. The van der Waals surface area contributed by atoms with Crippen LogP contribution in [0.5, 0.6) is 11.5 Å². The van der Waals surface area contributed by atoms with E-state index < -0.39 is 0 Å². The standard InChI is InChI=1S/C18H23N3O3/c1-12-10-21-11-14(5-7-17(21)19-12)20-18(22)9-13-4-6-15(23-2)16(8-13)24-3/h4,6,8,10,14H,5,7,9,11H2,1-3H3,(H,20,22)/t14-/m0/s1. The van der Waals surface area contributed by atoms with Crippen molar-refractivity contribution < 1.29 is 14.3 Å². The lowest BCUT2D eigenvalue weighted by atomic mass is 10.1. The van der Waals surface area contributed by atoms with Crippen LogP contribution in [0.4, 0.5) is 0 Å². The van der Waals surface area contributed by atoms with Gasteiger partial charge in [0.2, 0.25) is 5.91 Å². The molecule has 1 aromatic heterocycles. The Morgan fingerprint density at radius 2 is 2.12 bits per heavy atom. The van der Waals surface area contributed by atoms with Gasteiger partial charge in [0, 0.05) is 25.2 Å². The monoisotopic (exact) mass is 329 g/mol. The number of nitrogens with zero attached hydrogens (tertiary/aromatic N) is 2. The molecule has 1 N–H and O–H groups in total. The smallest absolute Gasteiger partial charge is 0.224 e. The van der Waals surface area contributed by atoms with Crippen molar-refractivity contribution in [1.82, 2.24) is 14.9 Å². The molecule has 6 nitrogen and oxygen atoms in total. The van der Waals surface area contributed by atoms with E-state index in [0.29, 0.717) is 17.9 Å². The zero-order chi connectivity index (χ0) is 17.1. The molecule has 2 aromatic rings. The zero-order valence-corrected chi connectivity index (χ0v) is 14.3. The Morgan fingerprint density at radius 1 is 1.33 bits per heavy atom. The number of benzene rings is 1. The van der Waals surface area contributed by atoms with Crippen molar-refractivity contribution >= 4 is 5.91 Å². The number of ether oxygens (including phenoxy) is 2. The second kappa shape index (κ2) is 6.95. The summed E-state index contributed by atoms with van der Waals surface area (Å²) < 4.78 is 12.6. The molecule has 0 spiro atoms. The molecule has 24 heavy (non-hydrogen) atoms. The van der Waals surface area contributed by atoms with Crippen LogP contribution >= 0.6 is 0 Å². The predicted molar refractivity (Wildman–Crippen MR) is 90.5 cm³/mol. The molecule has 1 atom stereocenters. The highest BCUT2D eigenvalue weighted by atomic mass is 16.5. The number of imidazole rings is 1. The lowest BCUT2D eigenvalue weighted by Gasteiger charge is -2.24. The third kappa shape index (κ3) is 3.53. The van der Waals surface area contributed by atoms with E-state index in [2.05, 4.69) is 14.9 Å². The van der Waals surface area contributed by atoms with Gasteiger partial charge in [-0.1, -0.05) is 6.07 Å². The number of hydrogen-bond donors (Lipinski definition) is 1. The molecule has 1 aliphatic rings. The molecule has 0 radical (unpaired) electrons. The first-order valence-electron chi connectivity index (χ1n) is 8.12. The molecule has 0 bridgehead atoms. The van der Waals surface area contributed by atoms with E-state index in [4.69, 9.17) is 9.47 Å². The molecule has 0 unspecified atom stereocenters. The highest BCUT2D eigenvalue weighted by Gasteiger charge is 2.21. The van der Waals surface area contributed by atoms with Gasteiger partial charge >= 0.3 is 0 Å². The van der Waals surface area contributed by atoms with E-state index >= 15 is 0 Å². The number of aryl methyl sites for hydroxylation is 2. The molecule has 0 saturated carbocycles. The summed E-state index contributed by atoms with van der Waals surface area (Å²) in [6.45, 7) is 2.78. The minimum Gasteiger partial charge on any atom is -0.493 e. The van der Waals surface area contributed by atoms with E-state index in [9.17, 15) is 4.79 Å². The summed E-state index contributed by atoms with van der Waals surface area (Å²) >= 11 is 0. The second-order valence-corrected chi connectivity index (χ2v) is 6.12. The van der Waals surface area contributed by atoms with Crippen LogP contribution in [0.1, 0.15) is 23.5 Å². The van der Waals surface area contributed by atoms with Crippen LogP contribution in [-0.4, -0.2) is 35.7 Å². The minimum absolute atomic E-state index is 0.0208. The van der Waals surface area contributed by atoms with Gasteiger partial charge in [-0.25, -0.2) is 4.98 Å². The van der Waals surface area contributed by atoms with Crippen molar-refractivity contribution in [2.24, 2.45) is 0 Å². The summed E-state index contributed by atoms with van der Waals surface area (Å²) in [7, 11) is 3.19. The molecule has 3 rings (SSSR count). The molecule has 128 valence electrons. The Balaban J connectivity index is 1.60. The second-order valence-electron chi connectivity index (χ2n) is 6.12. The van der Waals surface area contributed by atoms with Gasteiger partial charge in [0.15, 0.2) is 11.5 Å². The molecule has 0 aliphatic carbocycles. The fourth-order valence-electron chi connectivity index (χ4n) is 3.16. The summed E-state index contributed by atoms with van der Waals surface area (Å²) in [4.78, 5) is 16.8. The maximum atomic E-state index is 12.3. The first-order valence-corrected chi connectivity index (χ1v) is 8.12. The average Bonchev–Trinajstić information content (AvgIpc) is 2.93. The maximum Gasteiger partial charge on any atom is 0.224 e. The lowest BCUT2D eigenvalue weighted by molar-refractivity contribution is -0.121. The van der Waals surface area contributed by atoms with Gasteiger partial charge in [-0.15, -0.1) is 0 Å². The summed E-state index contributed by atoms with van der Waals surface area (Å²) in [6.07, 6.45) is 4.19. The van der Waals surface area contributed by atoms with Crippen molar-refractivity contribution in [2.75, 3.05) is 14.2 Å². The van der Waals surface area contributed by atoms with Crippen LogP contribution in [0.3, 0.4) is 0 Å². The maximum absolute atomic E-state index is 12.3. The average molecular weight is 329 g/mol. The van der Waals surface area contributed by atoms with Crippen molar-refractivity contribution in [3.05, 3.63) is 41.5 Å². The van der Waals surface area contributed by atoms with Crippen molar-refractivity contribution in [1.29, 1.82) is 0 Å². The highest BCUT2D eigenvalue weighted by molar-refractivity contribution is 5.79. The Labute approximate surface area is 141 Å². The number of nitrogens with one attached hydrogen (secondary N) is 1. The van der Waals surface area contributed by atoms with Gasteiger partial charge in [0.05, 0.1) is 26.3 Å². The van der Waals surface area contributed by atoms with Crippen LogP contribution in [0.2, 0.25) is 0 Å². The van der Waals surface area contributed by atoms with Gasteiger partial charge in [-0.2, -0.15) is 0 Å². The van der Waals surface area contributed by atoms with Gasteiger partial charge in [0.25, 0.3) is 0 Å². The molecule has 0 saturated heterocycles. The van der Waals surface area contributed by atoms with Crippen molar-refractivity contribution in [2.45, 2.75) is 38.8 Å². The van der Waals surface area contributed by atoms with E-state index in [-0.39, 0.29) is 11.9 Å². The first kappa shape index (κ1) is 16.4. The number of aromatic nitrogens is 2. The van der Waals surface area contributed by atoms with Crippen LogP contribution in [0.25, 0.3) is 0 Å². The van der Waals surface area contributed by atoms with Gasteiger partial charge < -0.3 is 19.4 Å². The number of fused-ring (bicyclic) bond motifs is 1. The summed E-state index contributed by atoms with van der Waals surface area (Å²) in [5.41, 5.74) is 1.93. The largest absolute Gasteiger partial charge is 0.493 e. The molecule has 6 heteroatoms. The Morgan fingerprint density at radius 3 is 2.88 bits per heavy atom. The highest BCUT2D eigenvalue weighted by Crippen LogP contribution is 2.27. The summed E-state index contributed by atoms with van der Waals surface area (Å²) in [5.74, 6) is 2.43. The molecule has 0 fully saturated rings. The first-order chi connectivity index (χ1) is 11.6. The van der Waals surface area contributed by atoms with Crippen LogP contribution < -0.4 is 14.8 Å². The van der Waals surface area contributed by atoms with Crippen LogP contribution in [-0.2, 0) is 24.2 Å². The topological polar surface area (TPSA) is 65.4 Å². The third-order valence-electron chi connectivity index (χ3n) is 4.29. The molecule has 1 aliphatic heterocycles. The van der Waals surface area contributed by atoms with Crippen molar-refractivity contribution in [3.63, 3.8) is 0 Å². The Hall–Kier alpha value is -2.50. The number of carbonyl (C=O) groups excluding carboxylic acids is 1. The van der Waals surface area contributed by atoms with E-state index in [1.807, 2.05) is 31.3 Å². The number of methoxy groups -OCH3 is 2. The molecule has 1 aromatic carbocycles. The fourth-order valence-corrected chi connectivity index (χ4v) is 3.16. The van der Waals surface area contributed by atoms with Gasteiger partial charge in [0.1, 0.15) is 5.82 Å². The quantitative estimate of drug-likeness (QED) is 0.910. The fraction of sp³-hybridized carbons (Fsp3) is 0.444. The molecule has 1 amide bonds. The van der Waals surface area contributed by atoms with E-state index in [1.165, 1.54) is 0 Å². The Bertz CT molecular complexity index is 739. The van der Waals surface area contributed by atoms with Gasteiger partial charge in [-0.05, 0) is 31.0 Å². The molecule has 2 heterocycles. The summed E-state index contributed by atoms with van der Waals surface area (Å²) in [6, 6.07) is 5.71.